The van der Waals surface area contributed by atoms with E-state index in [2.05, 4.69) is 30.4 Å². The van der Waals surface area contributed by atoms with E-state index >= 15 is 0 Å². The third-order valence-corrected chi connectivity index (χ3v) is 3.57. The molecule has 1 atom stereocenters. The van der Waals surface area contributed by atoms with Crippen LogP contribution in [0.15, 0.2) is 48.5 Å². The summed E-state index contributed by atoms with van der Waals surface area (Å²) in [4.78, 5) is 0. The van der Waals surface area contributed by atoms with Crippen molar-refractivity contribution in [1.82, 2.24) is 5.32 Å². The lowest BCUT2D eigenvalue weighted by Gasteiger charge is -2.14. The average Bonchev–Trinajstić information content (AvgIpc) is 2.49. The third-order valence-electron chi connectivity index (χ3n) is 3.32. The Labute approximate surface area is 125 Å². The maximum Gasteiger partial charge on any atom is 0.0991 e. The zero-order valence-corrected chi connectivity index (χ0v) is 12.2. The van der Waals surface area contributed by atoms with Crippen molar-refractivity contribution in [1.29, 1.82) is 5.26 Å². The van der Waals surface area contributed by atoms with Crippen LogP contribution in [0, 0.1) is 11.3 Å². The lowest BCUT2D eigenvalue weighted by Crippen LogP contribution is -2.21. The molecule has 0 amide bonds. The molecule has 0 aliphatic heterocycles. The quantitative estimate of drug-likeness (QED) is 0.897. The van der Waals surface area contributed by atoms with Crippen LogP contribution in [0.2, 0.25) is 5.02 Å². The summed E-state index contributed by atoms with van der Waals surface area (Å²) in [5.41, 5.74) is 3.16. The molecule has 0 radical (unpaired) electrons. The number of nitrogens with one attached hydrogen (secondary N) is 1. The first-order valence-electron chi connectivity index (χ1n) is 6.67. The van der Waals surface area contributed by atoms with E-state index in [1.165, 1.54) is 11.1 Å². The Balaban J connectivity index is 1.84. The molecule has 0 aliphatic rings. The Kier molecular flexibility index (Phi) is 5.17. The minimum atomic E-state index is 0.273. The molecule has 0 bridgehead atoms. The van der Waals surface area contributed by atoms with Gasteiger partial charge in [-0.05, 0) is 55.3 Å². The van der Waals surface area contributed by atoms with Crippen molar-refractivity contribution in [2.24, 2.45) is 0 Å². The highest BCUT2D eigenvalue weighted by atomic mass is 35.5. The third kappa shape index (κ3) is 4.09. The highest BCUT2D eigenvalue weighted by molar-refractivity contribution is 6.30. The first-order valence-corrected chi connectivity index (χ1v) is 7.05. The maximum atomic E-state index is 8.78. The van der Waals surface area contributed by atoms with Crippen LogP contribution < -0.4 is 5.32 Å². The summed E-state index contributed by atoms with van der Waals surface area (Å²) in [5.74, 6) is 0. The van der Waals surface area contributed by atoms with Gasteiger partial charge in [0.15, 0.2) is 0 Å². The molecular formula is C17H17ClN2. The van der Waals surface area contributed by atoms with Gasteiger partial charge in [0.1, 0.15) is 0 Å². The number of nitriles is 1. The van der Waals surface area contributed by atoms with Gasteiger partial charge in [-0.3, -0.25) is 0 Å². The molecule has 2 rings (SSSR count). The minimum Gasteiger partial charge on any atom is -0.310 e. The molecular weight excluding hydrogens is 268 g/mol. The van der Waals surface area contributed by atoms with Crippen LogP contribution in [0.1, 0.15) is 29.7 Å². The van der Waals surface area contributed by atoms with E-state index in [9.17, 15) is 0 Å². The maximum absolute atomic E-state index is 8.78. The largest absolute Gasteiger partial charge is 0.310 e. The summed E-state index contributed by atoms with van der Waals surface area (Å²) in [5, 5.41) is 13.0. The Morgan fingerprint density at radius 3 is 2.35 bits per heavy atom. The fourth-order valence-corrected chi connectivity index (χ4v) is 2.17. The molecule has 0 heterocycles. The average molecular weight is 285 g/mol. The van der Waals surface area contributed by atoms with Crippen LogP contribution in [-0.2, 0) is 6.42 Å². The van der Waals surface area contributed by atoms with E-state index < -0.39 is 0 Å². The van der Waals surface area contributed by atoms with Crippen LogP contribution >= 0.6 is 11.6 Å². The van der Waals surface area contributed by atoms with Gasteiger partial charge in [-0.1, -0.05) is 35.9 Å². The number of hydrogen-bond acceptors (Lipinski definition) is 2. The Hall–Kier alpha value is -1.82. The van der Waals surface area contributed by atoms with E-state index in [0.29, 0.717) is 5.56 Å². The second-order valence-corrected chi connectivity index (χ2v) is 5.22. The smallest absolute Gasteiger partial charge is 0.0991 e. The molecule has 1 unspecified atom stereocenters. The number of hydrogen-bond donors (Lipinski definition) is 1. The molecule has 0 aliphatic carbocycles. The molecule has 0 saturated carbocycles. The molecule has 0 fully saturated rings. The molecule has 0 spiro atoms. The normalized spacial score (nSPS) is 11.8. The molecule has 2 aromatic carbocycles. The molecule has 102 valence electrons. The number of nitrogens with zero attached hydrogens (tertiary/aromatic N) is 1. The van der Waals surface area contributed by atoms with E-state index in [4.69, 9.17) is 16.9 Å². The predicted molar refractivity (Wildman–Crippen MR) is 82.7 cm³/mol. The van der Waals surface area contributed by atoms with E-state index in [1.54, 1.807) is 0 Å². The van der Waals surface area contributed by atoms with E-state index in [1.807, 2.05) is 36.4 Å². The topological polar surface area (TPSA) is 35.8 Å². The molecule has 2 aromatic rings. The SMILES string of the molecule is CC(NCCc1ccc(Cl)cc1)c1ccc(C#N)cc1. The van der Waals surface area contributed by atoms with Crippen LogP contribution in [0.5, 0.6) is 0 Å². The number of rotatable bonds is 5. The van der Waals surface area contributed by atoms with Crippen molar-refractivity contribution in [2.45, 2.75) is 19.4 Å². The number of benzene rings is 2. The monoisotopic (exact) mass is 284 g/mol. The van der Waals surface area contributed by atoms with Crippen LogP contribution in [0.25, 0.3) is 0 Å². The van der Waals surface area contributed by atoms with Gasteiger partial charge in [0.25, 0.3) is 0 Å². The van der Waals surface area contributed by atoms with Gasteiger partial charge < -0.3 is 5.32 Å². The van der Waals surface area contributed by atoms with Gasteiger partial charge >= 0.3 is 0 Å². The van der Waals surface area contributed by atoms with Crippen molar-refractivity contribution >= 4 is 11.6 Å². The van der Waals surface area contributed by atoms with Crippen molar-refractivity contribution < 1.29 is 0 Å². The van der Waals surface area contributed by atoms with Gasteiger partial charge in [0.2, 0.25) is 0 Å². The number of halogens is 1. The second kappa shape index (κ2) is 7.09. The van der Waals surface area contributed by atoms with Crippen LogP contribution in [0.4, 0.5) is 0 Å². The van der Waals surface area contributed by atoms with E-state index in [0.717, 1.165) is 18.0 Å². The summed E-state index contributed by atoms with van der Waals surface area (Å²) in [6.07, 6.45) is 0.970. The van der Waals surface area contributed by atoms with Crippen LogP contribution in [0.3, 0.4) is 0 Å². The predicted octanol–water partition coefficient (Wildman–Crippen LogP) is 4.10. The van der Waals surface area contributed by atoms with Crippen molar-refractivity contribution in [3.63, 3.8) is 0 Å². The molecule has 20 heavy (non-hydrogen) atoms. The first kappa shape index (κ1) is 14.6. The zero-order chi connectivity index (χ0) is 14.4. The summed E-state index contributed by atoms with van der Waals surface area (Å²) in [6.45, 7) is 3.03. The second-order valence-electron chi connectivity index (χ2n) is 4.79. The van der Waals surface area contributed by atoms with Gasteiger partial charge in [-0.2, -0.15) is 5.26 Å². The Bertz CT molecular complexity index is 582. The summed E-state index contributed by atoms with van der Waals surface area (Å²) < 4.78 is 0. The van der Waals surface area contributed by atoms with Crippen molar-refractivity contribution in [2.75, 3.05) is 6.54 Å². The van der Waals surface area contributed by atoms with E-state index in [-0.39, 0.29) is 6.04 Å². The lowest BCUT2D eigenvalue weighted by atomic mass is 10.1. The summed E-state index contributed by atoms with van der Waals surface area (Å²) in [6, 6.07) is 18.0. The fourth-order valence-electron chi connectivity index (χ4n) is 2.05. The van der Waals surface area contributed by atoms with Crippen molar-refractivity contribution in [3.8, 4) is 6.07 Å². The van der Waals surface area contributed by atoms with Crippen LogP contribution in [-0.4, -0.2) is 6.54 Å². The molecule has 2 nitrogen and oxygen atoms in total. The van der Waals surface area contributed by atoms with Gasteiger partial charge in [-0.25, -0.2) is 0 Å². The molecule has 0 aromatic heterocycles. The molecule has 0 saturated heterocycles. The summed E-state index contributed by atoms with van der Waals surface area (Å²) >= 11 is 5.86. The molecule has 1 N–H and O–H groups in total. The fraction of sp³-hybridized carbons (Fsp3) is 0.235. The highest BCUT2D eigenvalue weighted by Crippen LogP contribution is 2.14. The summed E-state index contributed by atoms with van der Waals surface area (Å²) in [7, 11) is 0. The molecule has 3 heteroatoms. The lowest BCUT2D eigenvalue weighted by molar-refractivity contribution is 0.577. The van der Waals surface area contributed by atoms with Crippen molar-refractivity contribution in [3.05, 3.63) is 70.2 Å². The Morgan fingerprint density at radius 2 is 1.75 bits per heavy atom. The Morgan fingerprint density at radius 1 is 1.10 bits per heavy atom. The van der Waals surface area contributed by atoms with Gasteiger partial charge in [0.05, 0.1) is 11.6 Å². The first-order chi connectivity index (χ1) is 9.69. The van der Waals surface area contributed by atoms with Gasteiger partial charge in [0, 0.05) is 11.1 Å². The highest BCUT2D eigenvalue weighted by Gasteiger charge is 2.04. The standard InChI is InChI=1S/C17H17ClN2/c1-13(16-6-2-15(12-19)3-7-16)20-11-10-14-4-8-17(18)9-5-14/h2-9,13,20H,10-11H2,1H3. The van der Waals surface area contributed by atoms with Gasteiger partial charge in [-0.15, -0.1) is 0 Å². The zero-order valence-electron chi connectivity index (χ0n) is 11.4. The minimum absolute atomic E-state index is 0.273.